The van der Waals surface area contributed by atoms with Crippen molar-refractivity contribution in [2.24, 2.45) is 0 Å². The summed E-state index contributed by atoms with van der Waals surface area (Å²) >= 11 is 0. The quantitative estimate of drug-likeness (QED) is 0.356. The normalized spacial score (nSPS) is 17.9. The third kappa shape index (κ3) is 2.77. The van der Waals surface area contributed by atoms with Crippen LogP contribution in [0.3, 0.4) is 0 Å². The van der Waals surface area contributed by atoms with Gasteiger partial charge in [-0.2, -0.15) is 10.5 Å². The molecule has 0 saturated heterocycles. The van der Waals surface area contributed by atoms with Gasteiger partial charge in [-0.3, -0.25) is 4.79 Å². The predicted octanol–water partition coefficient (Wildman–Crippen LogP) is 2.22. The first-order valence-corrected chi connectivity index (χ1v) is 10.2. The lowest BCUT2D eigenvalue weighted by molar-refractivity contribution is -0.172. The van der Waals surface area contributed by atoms with Crippen LogP contribution in [0.1, 0.15) is 35.6 Å². The lowest BCUT2D eigenvalue weighted by Crippen LogP contribution is -2.44. The van der Waals surface area contributed by atoms with Crippen LogP contribution in [0.25, 0.3) is 28.4 Å². The van der Waals surface area contributed by atoms with Crippen LogP contribution < -0.4 is 5.56 Å². The Morgan fingerprint density at radius 1 is 1.27 bits per heavy atom. The maximum atomic E-state index is 13.4. The maximum absolute atomic E-state index is 13.4. The Balaban J connectivity index is 1.87. The van der Waals surface area contributed by atoms with Crippen molar-refractivity contribution in [3.63, 3.8) is 0 Å². The number of hydrogen-bond donors (Lipinski definition) is 2. The number of cyclic esters (lactones) is 1. The van der Waals surface area contributed by atoms with E-state index in [1.165, 1.54) is 22.8 Å². The number of phenolic OH excluding ortho intramolecular Hbond substituents is 1. The van der Waals surface area contributed by atoms with Crippen molar-refractivity contribution in [1.29, 1.82) is 10.5 Å². The van der Waals surface area contributed by atoms with Crippen molar-refractivity contribution < 1.29 is 19.7 Å². The third-order valence-electron chi connectivity index (χ3n) is 6.24. The number of hydrogen-bond acceptors (Lipinski definition) is 8. The number of pyridine rings is 2. The van der Waals surface area contributed by atoms with Gasteiger partial charge >= 0.3 is 5.97 Å². The van der Waals surface area contributed by atoms with Crippen molar-refractivity contribution in [2.45, 2.75) is 32.1 Å². The highest BCUT2D eigenvalue weighted by Gasteiger charge is 2.45. The van der Waals surface area contributed by atoms with Crippen molar-refractivity contribution in [3.8, 4) is 29.3 Å². The number of carbonyl (C=O) groups excluding carboxylic acids is 1. The van der Waals surface area contributed by atoms with Gasteiger partial charge in [0.1, 0.15) is 30.1 Å². The Hall–Kier alpha value is -4.47. The van der Waals surface area contributed by atoms with E-state index in [0.29, 0.717) is 33.4 Å². The van der Waals surface area contributed by atoms with Gasteiger partial charge in [-0.25, -0.2) is 9.78 Å². The highest BCUT2D eigenvalue weighted by Crippen LogP contribution is 2.41. The summed E-state index contributed by atoms with van der Waals surface area (Å²) in [5.41, 5.74) is 0.308. The number of carbonyl (C=O) groups is 1. The second-order valence-electron chi connectivity index (χ2n) is 7.94. The fourth-order valence-corrected chi connectivity index (χ4v) is 4.50. The molecule has 5 rings (SSSR count). The molecule has 33 heavy (non-hydrogen) atoms. The number of aliphatic hydroxyl groups is 1. The van der Waals surface area contributed by atoms with E-state index < -0.39 is 17.1 Å². The van der Waals surface area contributed by atoms with E-state index in [0.717, 1.165) is 0 Å². The minimum absolute atomic E-state index is 0.0128. The standard InChI is InChI=1S/C24H16N4O5/c1-2-24(32)18-7-20-21-16(10-28(20)22(30)17(18)11-33-23(24)31)14(5-12(8-25)9-26)15-6-13(29)3-4-19(15)27-21/h3-7,29,32H,2,10-11H2,1H3. The van der Waals surface area contributed by atoms with E-state index >= 15 is 0 Å². The lowest BCUT2D eigenvalue weighted by Gasteiger charge is -2.31. The van der Waals surface area contributed by atoms with Crippen molar-refractivity contribution in [2.75, 3.05) is 0 Å². The van der Waals surface area contributed by atoms with Gasteiger partial charge in [-0.05, 0) is 42.3 Å². The van der Waals surface area contributed by atoms with Crippen LogP contribution in [-0.2, 0) is 28.3 Å². The molecule has 2 aliphatic heterocycles. The molecule has 9 nitrogen and oxygen atoms in total. The first-order chi connectivity index (χ1) is 15.8. The summed E-state index contributed by atoms with van der Waals surface area (Å²) in [5.74, 6) is -0.820. The van der Waals surface area contributed by atoms with Gasteiger partial charge < -0.3 is 19.5 Å². The molecule has 0 amide bonds. The fourth-order valence-electron chi connectivity index (χ4n) is 4.50. The zero-order chi connectivity index (χ0) is 23.5. The Bertz CT molecular complexity index is 1560. The van der Waals surface area contributed by atoms with Crippen molar-refractivity contribution in [1.82, 2.24) is 9.55 Å². The number of aromatic nitrogens is 2. The molecule has 2 aromatic heterocycles. The number of allylic oxidation sites excluding steroid dienone is 1. The fraction of sp³-hybridized carbons (Fsp3) is 0.208. The molecular formula is C24H16N4O5. The average Bonchev–Trinajstić information content (AvgIpc) is 3.18. The molecule has 1 unspecified atom stereocenters. The summed E-state index contributed by atoms with van der Waals surface area (Å²) in [7, 11) is 0. The van der Waals surface area contributed by atoms with Gasteiger partial charge in [0.05, 0.1) is 29.0 Å². The van der Waals surface area contributed by atoms with E-state index in [-0.39, 0.29) is 42.0 Å². The first-order valence-electron chi connectivity index (χ1n) is 10.2. The van der Waals surface area contributed by atoms with Crippen LogP contribution in [-0.4, -0.2) is 25.7 Å². The molecule has 2 aliphatic rings. The first kappa shape index (κ1) is 20.4. The van der Waals surface area contributed by atoms with Crippen LogP contribution in [0.4, 0.5) is 0 Å². The summed E-state index contributed by atoms with van der Waals surface area (Å²) < 4.78 is 6.56. The van der Waals surface area contributed by atoms with Gasteiger partial charge in [0.2, 0.25) is 0 Å². The zero-order valence-corrected chi connectivity index (χ0v) is 17.4. The number of benzene rings is 1. The molecule has 162 valence electrons. The van der Waals surface area contributed by atoms with E-state index in [1.54, 1.807) is 19.1 Å². The summed E-state index contributed by atoms with van der Waals surface area (Å²) in [6.07, 6.45) is 1.44. The van der Waals surface area contributed by atoms with Crippen LogP contribution in [0.2, 0.25) is 0 Å². The summed E-state index contributed by atoms with van der Waals surface area (Å²) in [4.78, 5) is 30.4. The molecule has 0 aliphatic carbocycles. The number of phenols is 1. The largest absolute Gasteiger partial charge is 0.508 e. The average molecular weight is 440 g/mol. The molecule has 0 radical (unpaired) electrons. The topological polar surface area (TPSA) is 149 Å². The summed E-state index contributed by atoms with van der Waals surface area (Å²) in [6.45, 7) is 1.49. The minimum Gasteiger partial charge on any atom is -0.508 e. The summed E-state index contributed by atoms with van der Waals surface area (Å²) in [6, 6.07) is 9.80. The monoisotopic (exact) mass is 440 g/mol. The molecule has 9 heteroatoms. The van der Waals surface area contributed by atoms with Crippen molar-refractivity contribution >= 4 is 22.9 Å². The molecular weight excluding hydrogens is 424 g/mol. The number of nitrogens with zero attached hydrogens (tertiary/aromatic N) is 4. The Morgan fingerprint density at radius 2 is 2.03 bits per heavy atom. The molecule has 1 atom stereocenters. The molecule has 2 N–H and O–H groups in total. The highest BCUT2D eigenvalue weighted by atomic mass is 16.6. The maximum Gasteiger partial charge on any atom is 0.343 e. The van der Waals surface area contributed by atoms with Gasteiger partial charge in [0, 0.05) is 16.5 Å². The molecule has 0 saturated carbocycles. The molecule has 4 heterocycles. The number of aromatic hydroxyl groups is 1. The van der Waals surface area contributed by atoms with E-state index in [1.807, 2.05) is 12.1 Å². The Kier molecular flexibility index (Phi) is 4.35. The number of ether oxygens (including phenoxy) is 1. The Morgan fingerprint density at radius 3 is 2.73 bits per heavy atom. The number of fused-ring (bicyclic) bond motifs is 5. The number of rotatable bonds is 2. The van der Waals surface area contributed by atoms with Crippen molar-refractivity contribution in [3.05, 3.63) is 62.4 Å². The number of nitriles is 2. The van der Waals surface area contributed by atoms with Crippen LogP contribution in [0.5, 0.6) is 5.75 Å². The zero-order valence-electron chi connectivity index (χ0n) is 17.4. The van der Waals surface area contributed by atoms with Gasteiger partial charge in [0.15, 0.2) is 5.60 Å². The van der Waals surface area contributed by atoms with E-state index in [4.69, 9.17) is 4.74 Å². The van der Waals surface area contributed by atoms with Gasteiger partial charge in [-0.15, -0.1) is 0 Å². The lowest BCUT2D eigenvalue weighted by atomic mass is 9.86. The molecule has 3 aromatic rings. The van der Waals surface area contributed by atoms with Gasteiger partial charge in [-0.1, -0.05) is 6.92 Å². The molecule has 0 bridgehead atoms. The summed E-state index contributed by atoms with van der Waals surface area (Å²) in [5, 5.41) is 40.1. The minimum atomic E-state index is -1.94. The molecule has 1 aromatic carbocycles. The van der Waals surface area contributed by atoms with E-state index in [2.05, 4.69) is 4.98 Å². The predicted molar refractivity (Wildman–Crippen MR) is 115 cm³/mol. The smallest absolute Gasteiger partial charge is 0.343 e. The Labute approximate surface area is 187 Å². The van der Waals surface area contributed by atoms with Gasteiger partial charge in [0.25, 0.3) is 5.56 Å². The molecule has 0 spiro atoms. The number of esters is 1. The SMILES string of the molecule is CCC1(O)C(=O)OCc2c1cc1n(c2=O)Cc2c-1nc1ccc(O)cc1c2C=C(C#N)C#N. The highest BCUT2D eigenvalue weighted by molar-refractivity contribution is 5.95. The van der Waals surface area contributed by atoms with E-state index in [9.17, 15) is 30.3 Å². The van der Waals surface area contributed by atoms with Crippen LogP contribution in [0.15, 0.2) is 34.6 Å². The second kappa shape index (κ2) is 7.02. The van der Waals surface area contributed by atoms with Crippen LogP contribution >= 0.6 is 0 Å². The third-order valence-corrected chi connectivity index (χ3v) is 6.24. The second-order valence-corrected chi connectivity index (χ2v) is 7.94. The molecule has 0 fully saturated rings. The van der Waals surface area contributed by atoms with Crippen LogP contribution in [0, 0.1) is 22.7 Å².